The van der Waals surface area contributed by atoms with E-state index in [4.69, 9.17) is 4.74 Å². The van der Waals surface area contributed by atoms with Gasteiger partial charge in [0.15, 0.2) is 0 Å². The molecule has 0 saturated heterocycles. The van der Waals surface area contributed by atoms with Gasteiger partial charge >= 0.3 is 5.97 Å². The molecule has 0 saturated carbocycles. The van der Waals surface area contributed by atoms with Gasteiger partial charge in [-0.25, -0.2) is 0 Å². The highest BCUT2D eigenvalue weighted by atomic mass is 16.5. The topological polar surface area (TPSA) is 49.9 Å². The van der Waals surface area contributed by atoms with Crippen LogP contribution in [0.3, 0.4) is 0 Å². The highest BCUT2D eigenvalue weighted by molar-refractivity contribution is 5.78. The van der Waals surface area contributed by atoms with Crippen LogP contribution in [0.15, 0.2) is 0 Å². The predicted octanol–water partition coefficient (Wildman–Crippen LogP) is 2.01. The third-order valence-corrected chi connectivity index (χ3v) is 3.61. The molecule has 0 aliphatic carbocycles. The molecule has 0 aromatic rings. The van der Waals surface area contributed by atoms with Gasteiger partial charge in [0, 0.05) is 26.1 Å². The average Bonchev–Trinajstić information content (AvgIpc) is 2.44. The van der Waals surface area contributed by atoms with Crippen LogP contribution in [0, 0.1) is 11.8 Å². The summed E-state index contributed by atoms with van der Waals surface area (Å²) in [5.41, 5.74) is 0. The van der Waals surface area contributed by atoms with Crippen LogP contribution in [0.5, 0.6) is 0 Å². The van der Waals surface area contributed by atoms with Crippen molar-refractivity contribution in [1.29, 1.82) is 0 Å². The monoisotopic (exact) mass is 300 g/mol. The summed E-state index contributed by atoms with van der Waals surface area (Å²) in [6, 6.07) is 0. The predicted molar refractivity (Wildman–Crippen MR) is 85.0 cm³/mol. The summed E-state index contributed by atoms with van der Waals surface area (Å²) in [6.07, 6.45) is 0.520. The van der Waals surface area contributed by atoms with Gasteiger partial charge in [0.25, 0.3) is 0 Å². The van der Waals surface area contributed by atoms with Gasteiger partial charge in [0.1, 0.15) is 0 Å². The van der Waals surface area contributed by atoms with Gasteiger partial charge in [-0.15, -0.1) is 0 Å². The lowest BCUT2D eigenvalue weighted by atomic mass is 10.1. The van der Waals surface area contributed by atoms with Crippen molar-refractivity contribution in [3.8, 4) is 0 Å². The van der Waals surface area contributed by atoms with Gasteiger partial charge in [-0.1, -0.05) is 34.6 Å². The van der Waals surface area contributed by atoms with E-state index in [0.29, 0.717) is 25.4 Å². The van der Waals surface area contributed by atoms with Crippen LogP contribution < -0.4 is 0 Å². The van der Waals surface area contributed by atoms with Gasteiger partial charge in [-0.2, -0.15) is 0 Å². The first-order valence-electron chi connectivity index (χ1n) is 7.93. The lowest BCUT2D eigenvalue weighted by Gasteiger charge is -2.28. The van der Waals surface area contributed by atoms with Gasteiger partial charge in [0.05, 0.1) is 13.0 Å². The summed E-state index contributed by atoms with van der Waals surface area (Å²) in [7, 11) is 1.38. The number of hydrogen-bond donors (Lipinski definition) is 0. The number of carbonyl (C=O) groups is 2. The number of amides is 1. The van der Waals surface area contributed by atoms with Crippen LogP contribution in [0.25, 0.3) is 0 Å². The van der Waals surface area contributed by atoms with Crippen molar-refractivity contribution in [3.63, 3.8) is 0 Å². The molecule has 0 aromatic carbocycles. The van der Waals surface area contributed by atoms with E-state index in [2.05, 4.69) is 18.7 Å². The number of carbonyl (C=O) groups excluding carboxylic acids is 2. The van der Waals surface area contributed by atoms with E-state index in [9.17, 15) is 9.59 Å². The highest BCUT2D eigenvalue weighted by Gasteiger charge is 2.22. The lowest BCUT2D eigenvalue weighted by molar-refractivity contribution is -0.146. The number of nitrogens with zero attached hydrogens (tertiary/aromatic N) is 2. The lowest BCUT2D eigenvalue weighted by Crippen LogP contribution is -2.42. The molecule has 0 fully saturated rings. The molecule has 0 rings (SSSR count). The molecule has 1 atom stereocenters. The first kappa shape index (κ1) is 19.9. The molecular weight excluding hydrogens is 268 g/mol. The number of ether oxygens (including phenoxy) is 1. The van der Waals surface area contributed by atoms with Crippen LogP contribution in [0.4, 0.5) is 0 Å². The molecule has 5 nitrogen and oxygen atoms in total. The molecule has 124 valence electrons. The second kappa shape index (κ2) is 10.6. The van der Waals surface area contributed by atoms with Crippen LogP contribution >= 0.6 is 0 Å². The second-order valence-corrected chi connectivity index (χ2v) is 5.89. The first-order chi connectivity index (χ1) is 9.85. The molecule has 0 heterocycles. The molecule has 0 aliphatic heterocycles. The van der Waals surface area contributed by atoms with Gasteiger partial charge in [-0.3, -0.25) is 9.59 Å². The molecule has 5 heteroatoms. The Morgan fingerprint density at radius 3 is 2.05 bits per heavy atom. The zero-order chi connectivity index (χ0) is 16.4. The van der Waals surface area contributed by atoms with Crippen molar-refractivity contribution in [3.05, 3.63) is 0 Å². The van der Waals surface area contributed by atoms with Crippen molar-refractivity contribution < 1.29 is 14.3 Å². The van der Waals surface area contributed by atoms with Crippen LogP contribution in [-0.2, 0) is 14.3 Å². The zero-order valence-corrected chi connectivity index (χ0v) is 14.5. The Kier molecular flexibility index (Phi) is 10.0. The summed E-state index contributed by atoms with van der Waals surface area (Å²) in [5, 5.41) is 0. The van der Waals surface area contributed by atoms with Crippen molar-refractivity contribution in [2.75, 3.05) is 39.8 Å². The third kappa shape index (κ3) is 8.05. The summed E-state index contributed by atoms with van der Waals surface area (Å²) in [6.45, 7) is 14.0. The molecule has 0 bridgehead atoms. The Balaban J connectivity index is 4.68. The third-order valence-electron chi connectivity index (χ3n) is 3.61. The van der Waals surface area contributed by atoms with Crippen molar-refractivity contribution in [2.45, 2.75) is 41.0 Å². The number of methoxy groups -OCH3 is 1. The standard InChI is InChI=1S/C16H32N2O3/c1-7-17(8-2)9-10-18(15(19)11-13(3)4)12-14(5)16(20)21-6/h13-14H,7-12H2,1-6H3. The molecule has 0 spiro atoms. The first-order valence-corrected chi connectivity index (χ1v) is 7.93. The maximum absolute atomic E-state index is 12.3. The van der Waals surface area contributed by atoms with E-state index in [1.165, 1.54) is 7.11 Å². The maximum atomic E-state index is 12.3. The van der Waals surface area contributed by atoms with Gasteiger partial charge in [-0.05, 0) is 19.0 Å². The van der Waals surface area contributed by atoms with E-state index < -0.39 is 0 Å². The number of hydrogen-bond acceptors (Lipinski definition) is 4. The molecule has 21 heavy (non-hydrogen) atoms. The van der Waals surface area contributed by atoms with Crippen molar-refractivity contribution in [2.24, 2.45) is 11.8 Å². The fraction of sp³-hybridized carbons (Fsp3) is 0.875. The zero-order valence-electron chi connectivity index (χ0n) is 14.5. The Labute approximate surface area is 129 Å². The summed E-state index contributed by atoms with van der Waals surface area (Å²) >= 11 is 0. The molecule has 0 aliphatic rings. The quantitative estimate of drug-likeness (QED) is 0.579. The second-order valence-electron chi connectivity index (χ2n) is 5.89. The smallest absolute Gasteiger partial charge is 0.310 e. The SMILES string of the molecule is CCN(CC)CCN(CC(C)C(=O)OC)C(=O)CC(C)C. The molecule has 0 aromatic heterocycles. The summed E-state index contributed by atoms with van der Waals surface area (Å²) < 4.78 is 4.75. The van der Waals surface area contributed by atoms with Crippen LogP contribution in [0.2, 0.25) is 0 Å². The Morgan fingerprint density at radius 2 is 1.62 bits per heavy atom. The summed E-state index contributed by atoms with van der Waals surface area (Å²) in [5.74, 6) is -0.113. The van der Waals surface area contributed by atoms with Crippen LogP contribution in [0.1, 0.15) is 41.0 Å². The van der Waals surface area contributed by atoms with E-state index in [-0.39, 0.29) is 17.8 Å². The summed E-state index contributed by atoms with van der Waals surface area (Å²) in [4.78, 5) is 28.0. The minimum Gasteiger partial charge on any atom is -0.469 e. The Morgan fingerprint density at radius 1 is 1.05 bits per heavy atom. The maximum Gasteiger partial charge on any atom is 0.310 e. The highest BCUT2D eigenvalue weighted by Crippen LogP contribution is 2.09. The molecular formula is C16H32N2O3. The van der Waals surface area contributed by atoms with Crippen molar-refractivity contribution >= 4 is 11.9 Å². The fourth-order valence-electron chi connectivity index (χ4n) is 2.20. The normalized spacial score (nSPS) is 12.6. The number of rotatable bonds is 10. The van der Waals surface area contributed by atoms with Crippen LogP contribution in [-0.4, -0.2) is 61.5 Å². The Bertz CT molecular complexity index is 315. The molecule has 0 radical (unpaired) electrons. The minimum absolute atomic E-state index is 0.118. The van der Waals surface area contributed by atoms with E-state index in [0.717, 1.165) is 19.6 Å². The number of esters is 1. The van der Waals surface area contributed by atoms with E-state index >= 15 is 0 Å². The van der Waals surface area contributed by atoms with Gasteiger partial charge < -0.3 is 14.5 Å². The molecule has 0 N–H and O–H groups in total. The average molecular weight is 300 g/mol. The molecule has 1 unspecified atom stereocenters. The Hall–Kier alpha value is -1.10. The van der Waals surface area contributed by atoms with E-state index in [1.54, 1.807) is 11.8 Å². The fourth-order valence-corrected chi connectivity index (χ4v) is 2.20. The number of likely N-dealkylation sites (N-methyl/N-ethyl adjacent to an activating group) is 1. The largest absolute Gasteiger partial charge is 0.469 e. The van der Waals surface area contributed by atoms with Crippen molar-refractivity contribution in [1.82, 2.24) is 9.80 Å². The van der Waals surface area contributed by atoms with Gasteiger partial charge in [0.2, 0.25) is 5.91 Å². The molecule has 1 amide bonds. The minimum atomic E-state index is -0.289. The van der Waals surface area contributed by atoms with E-state index in [1.807, 2.05) is 13.8 Å².